The Morgan fingerprint density at radius 1 is 1.44 bits per heavy atom. The summed E-state index contributed by atoms with van der Waals surface area (Å²) in [6.45, 7) is 9.07. The molecule has 5 atom stereocenters. The number of allylic oxidation sites excluding steroid dienone is 2. The molecule has 1 nitrogen and oxygen atoms in total. The van der Waals surface area contributed by atoms with Crippen LogP contribution < -0.4 is 0 Å². The van der Waals surface area contributed by atoms with E-state index in [0.717, 1.165) is 18.3 Å². The third kappa shape index (κ3) is 1.00. The normalized spacial score (nSPS) is 50.1. The van der Waals surface area contributed by atoms with Gasteiger partial charge in [-0.05, 0) is 42.4 Å². The van der Waals surface area contributed by atoms with Gasteiger partial charge in [-0.1, -0.05) is 32.4 Å². The molecule has 88 valence electrons. The zero-order valence-corrected chi connectivity index (χ0v) is 10.8. The van der Waals surface area contributed by atoms with Gasteiger partial charge < -0.3 is 0 Å². The number of carbonyl (C=O) groups is 1. The first-order valence-electron chi connectivity index (χ1n) is 6.66. The minimum atomic E-state index is 0.325. The van der Waals surface area contributed by atoms with Gasteiger partial charge in [-0.15, -0.1) is 0 Å². The highest BCUT2D eigenvalue weighted by atomic mass is 16.1. The highest BCUT2D eigenvalue weighted by Crippen LogP contribution is 2.70. The van der Waals surface area contributed by atoms with Crippen molar-refractivity contribution in [3.8, 4) is 0 Å². The lowest BCUT2D eigenvalue weighted by molar-refractivity contribution is -0.187. The maximum atomic E-state index is 12.2. The van der Waals surface area contributed by atoms with Gasteiger partial charge in [0, 0.05) is 12.3 Å². The molecule has 0 aliphatic heterocycles. The summed E-state index contributed by atoms with van der Waals surface area (Å²) in [6, 6.07) is 0. The third-order valence-electron chi connectivity index (χ3n) is 5.65. The summed E-state index contributed by atoms with van der Waals surface area (Å²) in [5.74, 6) is 3.61. The Morgan fingerprint density at radius 2 is 2.12 bits per heavy atom. The first-order valence-corrected chi connectivity index (χ1v) is 6.66. The van der Waals surface area contributed by atoms with Crippen molar-refractivity contribution in [2.45, 2.75) is 40.5 Å². The third-order valence-corrected chi connectivity index (χ3v) is 5.65. The molecule has 0 radical (unpaired) electrons. The van der Waals surface area contributed by atoms with Crippen molar-refractivity contribution in [3.63, 3.8) is 0 Å². The van der Waals surface area contributed by atoms with E-state index >= 15 is 0 Å². The predicted molar refractivity (Wildman–Crippen MR) is 64.9 cm³/mol. The van der Waals surface area contributed by atoms with Crippen LogP contribution in [0, 0.1) is 35.0 Å². The highest BCUT2D eigenvalue weighted by molar-refractivity contribution is 5.85. The number of rotatable bonds is 1. The monoisotopic (exact) mass is 218 g/mol. The molecule has 0 aromatic carbocycles. The van der Waals surface area contributed by atoms with Gasteiger partial charge in [0.25, 0.3) is 0 Å². The number of hydrogen-bond acceptors (Lipinski definition) is 1. The Morgan fingerprint density at radius 3 is 2.69 bits per heavy atom. The summed E-state index contributed by atoms with van der Waals surface area (Å²) in [5, 5.41) is 0. The summed E-state index contributed by atoms with van der Waals surface area (Å²) in [7, 11) is 0. The molecule has 1 heteroatoms. The molecule has 4 bridgehead atoms. The Balaban J connectivity index is 2.01. The van der Waals surface area contributed by atoms with Crippen LogP contribution in [0.15, 0.2) is 11.6 Å². The lowest BCUT2D eigenvalue weighted by Crippen LogP contribution is -2.66. The molecule has 4 aliphatic rings. The molecule has 0 aromatic rings. The summed E-state index contributed by atoms with van der Waals surface area (Å²) < 4.78 is 0. The summed E-state index contributed by atoms with van der Waals surface area (Å²) in [4.78, 5) is 12.2. The lowest BCUT2D eigenvalue weighted by atomic mass is 9.34. The molecular formula is C15H22O. The van der Waals surface area contributed by atoms with Gasteiger partial charge in [0.1, 0.15) is 5.78 Å². The van der Waals surface area contributed by atoms with E-state index in [1.54, 1.807) is 5.57 Å². The van der Waals surface area contributed by atoms with Gasteiger partial charge in [0.2, 0.25) is 0 Å². The SMILES string of the molecule is CC1=CC[C@H]2[C@H]3[C@@H]1[C@@]2(C)CC(=O)[C@H]3C(C)C. The molecular weight excluding hydrogens is 196 g/mol. The second-order valence-corrected chi connectivity index (χ2v) is 6.76. The summed E-state index contributed by atoms with van der Waals surface area (Å²) >= 11 is 0. The molecule has 16 heavy (non-hydrogen) atoms. The van der Waals surface area contributed by atoms with E-state index in [1.807, 2.05) is 0 Å². The van der Waals surface area contributed by atoms with Crippen LogP contribution in [0.3, 0.4) is 0 Å². The summed E-state index contributed by atoms with van der Waals surface area (Å²) in [5.41, 5.74) is 1.89. The van der Waals surface area contributed by atoms with Crippen LogP contribution in [-0.4, -0.2) is 5.78 Å². The van der Waals surface area contributed by atoms with E-state index in [0.29, 0.717) is 29.0 Å². The van der Waals surface area contributed by atoms with E-state index in [4.69, 9.17) is 0 Å². The van der Waals surface area contributed by atoms with E-state index in [2.05, 4.69) is 33.8 Å². The van der Waals surface area contributed by atoms with Crippen molar-refractivity contribution in [2.24, 2.45) is 35.0 Å². The quantitative estimate of drug-likeness (QED) is 0.616. The van der Waals surface area contributed by atoms with Crippen LogP contribution in [0.2, 0.25) is 0 Å². The van der Waals surface area contributed by atoms with Crippen LogP contribution in [-0.2, 0) is 4.79 Å². The Kier molecular flexibility index (Phi) is 1.98. The van der Waals surface area contributed by atoms with Crippen molar-refractivity contribution in [3.05, 3.63) is 11.6 Å². The maximum absolute atomic E-state index is 12.2. The molecule has 0 spiro atoms. The van der Waals surface area contributed by atoms with Gasteiger partial charge >= 0.3 is 0 Å². The average molecular weight is 218 g/mol. The summed E-state index contributed by atoms with van der Waals surface area (Å²) in [6.07, 6.45) is 4.48. The molecule has 0 heterocycles. The molecule has 0 amide bonds. The van der Waals surface area contributed by atoms with Crippen molar-refractivity contribution in [1.82, 2.24) is 0 Å². The largest absolute Gasteiger partial charge is 0.299 e. The molecule has 4 aliphatic carbocycles. The lowest BCUT2D eigenvalue weighted by Gasteiger charge is -2.69. The van der Waals surface area contributed by atoms with E-state index in [-0.39, 0.29) is 0 Å². The zero-order chi connectivity index (χ0) is 11.7. The van der Waals surface area contributed by atoms with Crippen LogP contribution in [0.4, 0.5) is 0 Å². The Hall–Kier alpha value is -0.590. The van der Waals surface area contributed by atoms with Gasteiger partial charge in [0.05, 0.1) is 0 Å². The Labute approximate surface area is 98.3 Å². The number of ketones is 1. The average Bonchev–Trinajstić information content (AvgIpc) is 2.15. The van der Waals surface area contributed by atoms with Crippen LogP contribution in [0.1, 0.15) is 40.5 Å². The number of Topliss-reactive ketones (excluding diaryl/α,β-unsaturated/α-hetero) is 1. The van der Waals surface area contributed by atoms with E-state index in [1.165, 1.54) is 6.42 Å². The van der Waals surface area contributed by atoms with E-state index < -0.39 is 0 Å². The standard InChI is InChI=1S/C15H22O/c1-8(2)12-11(16)7-15(4)10-6-5-9(3)14(15)13(10)12/h5,8,10,12-14H,6-7H2,1-4H3/t10-,12+,13+,14+,15-/m0/s1. The van der Waals surface area contributed by atoms with Crippen molar-refractivity contribution in [2.75, 3.05) is 0 Å². The topological polar surface area (TPSA) is 17.1 Å². The number of fused-ring (bicyclic) bond motifs is 1. The van der Waals surface area contributed by atoms with Gasteiger partial charge in [-0.25, -0.2) is 0 Å². The fourth-order valence-corrected chi connectivity index (χ4v) is 5.14. The number of hydrogen-bond donors (Lipinski definition) is 0. The minimum Gasteiger partial charge on any atom is -0.299 e. The highest BCUT2D eigenvalue weighted by Gasteiger charge is 2.67. The predicted octanol–water partition coefficient (Wildman–Crippen LogP) is 3.45. The molecule has 0 saturated heterocycles. The minimum absolute atomic E-state index is 0.325. The molecule has 0 unspecified atom stereocenters. The molecule has 2 saturated carbocycles. The van der Waals surface area contributed by atoms with Crippen LogP contribution >= 0.6 is 0 Å². The molecule has 0 N–H and O–H groups in total. The fourth-order valence-electron chi connectivity index (χ4n) is 5.14. The maximum Gasteiger partial charge on any atom is 0.137 e. The van der Waals surface area contributed by atoms with Gasteiger partial charge in [-0.2, -0.15) is 0 Å². The molecule has 2 fully saturated rings. The Bertz CT molecular complexity index is 379. The molecule has 0 aromatic heterocycles. The number of carbonyl (C=O) groups excluding carboxylic acids is 1. The van der Waals surface area contributed by atoms with Gasteiger partial charge in [-0.3, -0.25) is 4.79 Å². The van der Waals surface area contributed by atoms with E-state index in [9.17, 15) is 4.79 Å². The fraction of sp³-hybridized carbons (Fsp3) is 0.800. The van der Waals surface area contributed by atoms with Crippen LogP contribution in [0.25, 0.3) is 0 Å². The second-order valence-electron chi connectivity index (χ2n) is 6.76. The smallest absolute Gasteiger partial charge is 0.137 e. The first-order chi connectivity index (χ1) is 7.47. The first kappa shape index (κ1) is 10.6. The van der Waals surface area contributed by atoms with Crippen molar-refractivity contribution < 1.29 is 4.79 Å². The van der Waals surface area contributed by atoms with Gasteiger partial charge in [0.15, 0.2) is 0 Å². The van der Waals surface area contributed by atoms with Crippen molar-refractivity contribution in [1.29, 1.82) is 0 Å². The second kappa shape index (κ2) is 3.00. The zero-order valence-electron chi connectivity index (χ0n) is 10.8. The van der Waals surface area contributed by atoms with Crippen LogP contribution in [0.5, 0.6) is 0 Å². The molecule has 4 rings (SSSR count). The van der Waals surface area contributed by atoms with Crippen molar-refractivity contribution >= 4 is 5.78 Å².